The summed E-state index contributed by atoms with van der Waals surface area (Å²) >= 11 is 3.13. The van der Waals surface area contributed by atoms with Crippen LogP contribution in [0.4, 0.5) is 10.6 Å². The summed E-state index contributed by atoms with van der Waals surface area (Å²) in [7, 11) is 0. The molecule has 0 fully saturated rings. The number of hydrogen-bond donors (Lipinski definition) is 2. The lowest BCUT2D eigenvalue weighted by atomic mass is 10.2. The smallest absolute Gasteiger partial charge is 0.413 e. The summed E-state index contributed by atoms with van der Waals surface area (Å²) in [6.45, 7) is 7.12. The Morgan fingerprint density at radius 2 is 2.05 bits per heavy atom. The van der Waals surface area contributed by atoms with Gasteiger partial charge >= 0.3 is 12.1 Å². The lowest BCUT2D eigenvalue weighted by molar-refractivity contribution is 0.0526. The number of esters is 1. The standard InChI is InChI=1S/C11H16BrN3O4/c1-5-18-9(16)6-7(12)14-15-8(6)13-10(17)19-11(2,3)4/h5H2,1-4H3,(H2,13,14,15,17). The molecule has 0 saturated carbocycles. The molecule has 1 amide bonds. The first-order chi connectivity index (χ1) is 8.74. The zero-order chi connectivity index (χ0) is 14.6. The van der Waals surface area contributed by atoms with Crippen molar-refractivity contribution in [2.75, 3.05) is 11.9 Å². The van der Waals surface area contributed by atoms with Gasteiger partial charge in [-0.3, -0.25) is 10.4 Å². The van der Waals surface area contributed by atoms with Crippen LogP contribution in [0.15, 0.2) is 4.60 Å². The predicted octanol–water partition coefficient (Wildman–Crippen LogP) is 2.70. The van der Waals surface area contributed by atoms with E-state index >= 15 is 0 Å². The molecule has 0 bridgehead atoms. The van der Waals surface area contributed by atoms with Crippen molar-refractivity contribution in [2.45, 2.75) is 33.3 Å². The molecule has 0 aliphatic carbocycles. The van der Waals surface area contributed by atoms with E-state index in [1.807, 2.05) is 0 Å². The van der Waals surface area contributed by atoms with Gasteiger partial charge in [0.15, 0.2) is 5.82 Å². The number of anilines is 1. The molecule has 1 heterocycles. The van der Waals surface area contributed by atoms with Crippen molar-refractivity contribution in [1.82, 2.24) is 10.2 Å². The Labute approximate surface area is 119 Å². The molecule has 8 heteroatoms. The van der Waals surface area contributed by atoms with Crippen molar-refractivity contribution < 1.29 is 19.1 Å². The molecule has 19 heavy (non-hydrogen) atoms. The highest BCUT2D eigenvalue weighted by Crippen LogP contribution is 2.23. The fourth-order valence-corrected chi connectivity index (χ4v) is 1.64. The van der Waals surface area contributed by atoms with Crippen LogP contribution in [0.25, 0.3) is 0 Å². The van der Waals surface area contributed by atoms with Crippen LogP contribution < -0.4 is 5.32 Å². The van der Waals surface area contributed by atoms with Crippen LogP contribution in [0, 0.1) is 0 Å². The molecule has 7 nitrogen and oxygen atoms in total. The summed E-state index contributed by atoms with van der Waals surface area (Å²) in [5, 5.41) is 8.74. The van der Waals surface area contributed by atoms with Crippen LogP contribution in [-0.4, -0.2) is 34.5 Å². The number of aromatic amines is 1. The Kier molecular flexibility index (Phi) is 4.93. The van der Waals surface area contributed by atoms with Crippen LogP contribution in [0.5, 0.6) is 0 Å². The van der Waals surface area contributed by atoms with Gasteiger partial charge in [-0.1, -0.05) is 0 Å². The highest BCUT2D eigenvalue weighted by atomic mass is 79.9. The van der Waals surface area contributed by atoms with Crippen LogP contribution in [0.1, 0.15) is 38.1 Å². The van der Waals surface area contributed by atoms with Crippen LogP contribution >= 0.6 is 15.9 Å². The molecule has 1 rings (SSSR count). The van der Waals surface area contributed by atoms with E-state index < -0.39 is 17.7 Å². The molecule has 0 atom stereocenters. The van der Waals surface area contributed by atoms with Crippen molar-refractivity contribution in [2.24, 2.45) is 0 Å². The second-order valence-corrected chi connectivity index (χ2v) is 5.40. The Balaban J connectivity index is 2.85. The van der Waals surface area contributed by atoms with E-state index in [1.54, 1.807) is 27.7 Å². The van der Waals surface area contributed by atoms with E-state index in [9.17, 15) is 9.59 Å². The van der Waals surface area contributed by atoms with Crippen molar-refractivity contribution in [3.8, 4) is 0 Å². The largest absolute Gasteiger partial charge is 0.462 e. The number of carbonyl (C=O) groups excluding carboxylic acids is 2. The molecular weight excluding hydrogens is 318 g/mol. The zero-order valence-corrected chi connectivity index (χ0v) is 12.8. The third kappa shape index (κ3) is 4.55. The predicted molar refractivity (Wildman–Crippen MR) is 72.1 cm³/mol. The van der Waals surface area contributed by atoms with Crippen molar-refractivity contribution in [3.63, 3.8) is 0 Å². The van der Waals surface area contributed by atoms with Gasteiger partial charge in [0.25, 0.3) is 0 Å². The molecular formula is C11H16BrN3O4. The van der Waals surface area contributed by atoms with Gasteiger partial charge in [0.05, 0.1) is 6.61 Å². The lowest BCUT2D eigenvalue weighted by Gasteiger charge is -2.19. The Morgan fingerprint density at radius 1 is 1.42 bits per heavy atom. The van der Waals surface area contributed by atoms with Gasteiger partial charge < -0.3 is 9.47 Å². The summed E-state index contributed by atoms with van der Waals surface area (Å²) in [6, 6.07) is 0. The number of hydrogen-bond acceptors (Lipinski definition) is 5. The van der Waals surface area contributed by atoms with Crippen molar-refractivity contribution in [1.29, 1.82) is 0 Å². The van der Waals surface area contributed by atoms with Gasteiger partial charge in [0, 0.05) is 0 Å². The summed E-state index contributed by atoms with van der Waals surface area (Å²) in [6.07, 6.45) is -0.697. The molecule has 0 radical (unpaired) electrons. The number of aromatic nitrogens is 2. The first-order valence-corrected chi connectivity index (χ1v) is 6.45. The zero-order valence-electron chi connectivity index (χ0n) is 11.2. The number of nitrogens with zero attached hydrogens (tertiary/aromatic N) is 1. The molecule has 0 aliphatic rings. The van der Waals surface area contributed by atoms with Gasteiger partial charge in [-0.15, -0.1) is 0 Å². The molecule has 2 N–H and O–H groups in total. The second kappa shape index (κ2) is 6.05. The lowest BCUT2D eigenvalue weighted by Crippen LogP contribution is -2.27. The quantitative estimate of drug-likeness (QED) is 0.829. The monoisotopic (exact) mass is 333 g/mol. The minimum absolute atomic E-state index is 0.0552. The molecule has 1 aromatic rings. The minimum atomic E-state index is -0.697. The average molecular weight is 334 g/mol. The maximum atomic E-state index is 11.7. The number of nitrogens with one attached hydrogen (secondary N) is 2. The van der Waals surface area contributed by atoms with Gasteiger partial charge in [-0.2, -0.15) is 5.10 Å². The Hall–Kier alpha value is -1.57. The highest BCUT2D eigenvalue weighted by molar-refractivity contribution is 9.10. The first kappa shape index (κ1) is 15.5. The third-order valence-corrected chi connectivity index (χ3v) is 2.39. The molecule has 0 saturated heterocycles. The first-order valence-electron chi connectivity index (χ1n) is 5.65. The van der Waals surface area contributed by atoms with E-state index in [0.29, 0.717) is 4.60 Å². The van der Waals surface area contributed by atoms with E-state index in [1.165, 1.54) is 0 Å². The molecule has 0 aromatic carbocycles. The average Bonchev–Trinajstić information content (AvgIpc) is 2.57. The van der Waals surface area contributed by atoms with Crippen LogP contribution in [-0.2, 0) is 9.47 Å². The van der Waals surface area contributed by atoms with Gasteiger partial charge in [0.1, 0.15) is 15.8 Å². The number of H-pyrrole nitrogens is 1. The van der Waals surface area contributed by atoms with E-state index in [2.05, 4.69) is 31.4 Å². The molecule has 0 spiro atoms. The van der Waals surface area contributed by atoms with Gasteiger partial charge in [0.2, 0.25) is 0 Å². The Morgan fingerprint density at radius 3 is 2.58 bits per heavy atom. The molecule has 0 unspecified atom stereocenters. The third-order valence-electron chi connectivity index (χ3n) is 1.82. The van der Waals surface area contributed by atoms with Crippen molar-refractivity contribution >= 4 is 33.8 Å². The summed E-state index contributed by atoms with van der Waals surface area (Å²) in [5.74, 6) is -0.534. The highest BCUT2D eigenvalue weighted by Gasteiger charge is 2.24. The maximum absolute atomic E-state index is 11.7. The topological polar surface area (TPSA) is 93.3 Å². The number of amides is 1. The summed E-state index contributed by atoms with van der Waals surface area (Å²) < 4.78 is 10.3. The SMILES string of the molecule is CCOC(=O)c1c(NC(=O)OC(C)(C)C)n[nH]c1Br. The summed E-state index contributed by atoms with van der Waals surface area (Å²) in [5.41, 5.74) is -0.519. The Bertz CT molecular complexity index is 479. The van der Waals surface area contributed by atoms with Gasteiger partial charge in [-0.05, 0) is 43.6 Å². The number of halogens is 1. The number of ether oxygens (including phenoxy) is 2. The molecule has 0 aliphatic heterocycles. The van der Waals surface area contributed by atoms with E-state index in [0.717, 1.165) is 0 Å². The fourth-order valence-electron chi connectivity index (χ4n) is 1.20. The molecule has 1 aromatic heterocycles. The van der Waals surface area contributed by atoms with Crippen molar-refractivity contribution in [3.05, 3.63) is 10.2 Å². The minimum Gasteiger partial charge on any atom is -0.462 e. The van der Waals surface area contributed by atoms with Crippen LogP contribution in [0.3, 0.4) is 0 Å². The maximum Gasteiger partial charge on any atom is 0.413 e. The van der Waals surface area contributed by atoms with Crippen LogP contribution in [0.2, 0.25) is 0 Å². The van der Waals surface area contributed by atoms with Gasteiger partial charge in [-0.25, -0.2) is 9.59 Å². The number of carbonyl (C=O) groups is 2. The van der Waals surface area contributed by atoms with E-state index in [4.69, 9.17) is 9.47 Å². The summed E-state index contributed by atoms with van der Waals surface area (Å²) in [4.78, 5) is 23.3. The normalized spacial score (nSPS) is 11.0. The van der Waals surface area contributed by atoms with E-state index in [-0.39, 0.29) is 18.0 Å². The molecule has 106 valence electrons. The second-order valence-electron chi connectivity index (χ2n) is 4.61. The number of rotatable bonds is 3. The fraction of sp³-hybridized carbons (Fsp3) is 0.545.